The minimum absolute atomic E-state index is 0.199. The molecule has 24 heavy (non-hydrogen) atoms. The first-order chi connectivity index (χ1) is 11.5. The molecule has 0 N–H and O–H groups in total. The number of Topliss-reactive ketones (excluding diaryl/α,β-unsaturated/α-hetero) is 1. The molecule has 0 saturated heterocycles. The number of rotatable bonds is 4. The van der Waals surface area contributed by atoms with Crippen molar-refractivity contribution in [1.82, 2.24) is 0 Å². The van der Waals surface area contributed by atoms with E-state index in [2.05, 4.69) is 0 Å². The number of furan rings is 1. The number of carbonyl (C=O) groups is 2. The van der Waals surface area contributed by atoms with Crippen molar-refractivity contribution in [2.45, 2.75) is 13.8 Å². The fourth-order valence-corrected chi connectivity index (χ4v) is 2.40. The molecular formula is C18H14O6. The molecule has 6 nitrogen and oxygen atoms in total. The average Bonchev–Trinajstić information content (AvgIpc) is 3.02. The SMILES string of the molecule is Cc1cc(C(=O)COC(=O)c2oc(=O)c3ccccc3c2C)co1. The Hall–Kier alpha value is -3.15. The monoisotopic (exact) mass is 326 g/mol. The second-order valence-electron chi connectivity index (χ2n) is 5.33. The number of aryl methyl sites for hydroxylation is 2. The van der Waals surface area contributed by atoms with Crippen LogP contribution in [0.3, 0.4) is 0 Å². The van der Waals surface area contributed by atoms with Gasteiger partial charge in [-0.05, 0) is 31.4 Å². The van der Waals surface area contributed by atoms with Crippen molar-refractivity contribution in [2.24, 2.45) is 0 Å². The van der Waals surface area contributed by atoms with E-state index in [1.165, 1.54) is 6.26 Å². The topological polar surface area (TPSA) is 86.7 Å². The van der Waals surface area contributed by atoms with Crippen LogP contribution in [0.25, 0.3) is 10.8 Å². The second-order valence-corrected chi connectivity index (χ2v) is 5.33. The van der Waals surface area contributed by atoms with Crippen LogP contribution in [0.15, 0.2) is 50.2 Å². The second kappa shape index (κ2) is 6.16. The molecule has 0 spiro atoms. The van der Waals surface area contributed by atoms with Crippen molar-refractivity contribution >= 4 is 22.5 Å². The number of benzene rings is 1. The highest BCUT2D eigenvalue weighted by Crippen LogP contribution is 2.19. The van der Waals surface area contributed by atoms with Gasteiger partial charge in [0, 0.05) is 5.56 Å². The van der Waals surface area contributed by atoms with E-state index in [4.69, 9.17) is 13.6 Å². The van der Waals surface area contributed by atoms with Gasteiger partial charge in [-0.15, -0.1) is 0 Å². The molecule has 2 heterocycles. The molecule has 6 heteroatoms. The summed E-state index contributed by atoms with van der Waals surface area (Å²) in [6.07, 6.45) is 1.30. The molecule has 3 rings (SSSR count). The molecule has 0 aliphatic carbocycles. The lowest BCUT2D eigenvalue weighted by Gasteiger charge is -2.07. The standard InChI is InChI=1S/C18H14O6/c1-10-7-12(8-22-10)15(19)9-23-18(21)16-11(2)13-5-3-4-6-14(13)17(20)24-16/h3-8H,9H2,1-2H3. The predicted octanol–water partition coefficient (Wildman–Crippen LogP) is 3.04. The number of ketones is 1. The van der Waals surface area contributed by atoms with E-state index >= 15 is 0 Å². The molecular weight excluding hydrogens is 312 g/mol. The Labute approximate surface area is 136 Å². The van der Waals surface area contributed by atoms with E-state index in [-0.39, 0.29) is 5.76 Å². The zero-order valence-electron chi connectivity index (χ0n) is 13.1. The summed E-state index contributed by atoms with van der Waals surface area (Å²) in [4.78, 5) is 36.1. The molecule has 0 aliphatic heterocycles. The maximum absolute atomic E-state index is 12.2. The van der Waals surface area contributed by atoms with Crippen molar-refractivity contribution in [2.75, 3.05) is 6.61 Å². The summed E-state index contributed by atoms with van der Waals surface area (Å²) >= 11 is 0. The quantitative estimate of drug-likeness (QED) is 0.541. The highest BCUT2D eigenvalue weighted by molar-refractivity contribution is 6.00. The first-order valence-electron chi connectivity index (χ1n) is 7.25. The minimum atomic E-state index is -0.857. The fraction of sp³-hybridized carbons (Fsp3) is 0.167. The number of esters is 1. The highest BCUT2D eigenvalue weighted by Gasteiger charge is 2.20. The van der Waals surface area contributed by atoms with Crippen molar-refractivity contribution < 1.29 is 23.2 Å². The van der Waals surface area contributed by atoms with Crippen LogP contribution in [0, 0.1) is 13.8 Å². The van der Waals surface area contributed by atoms with Crippen LogP contribution in [0.1, 0.15) is 32.2 Å². The van der Waals surface area contributed by atoms with E-state index in [0.29, 0.717) is 27.7 Å². The van der Waals surface area contributed by atoms with Crippen molar-refractivity contribution in [1.29, 1.82) is 0 Å². The van der Waals surface area contributed by atoms with Gasteiger partial charge in [0.2, 0.25) is 11.5 Å². The van der Waals surface area contributed by atoms with Gasteiger partial charge >= 0.3 is 11.6 Å². The van der Waals surface area contributed by atoms with Gasteiger partial charge in [0.15, 0.2) is 6.61 Å². The minimum Gasteiger partial charge on any atom is -0.469 e. The maximum Gasteiger partial charge on any atom is 0.375 e. The third-order valence-electron chi connectivity index (χ3n) is 3.66. The molecule has 2 aromatic heterocycles. The van der Waals surface area contributed by atoms with Gasteiger partial charge < -0.3 is 13.6 Å². The van der Waals surface area contributed by atoms with E-state index < -0.39 is 24.0 Å². The van der Waals surface area contributed by atoms with Crippen LogP contribution in [-0.4, -0.2) is 18.4 Å². The molecule has 1 aromatic carbocycles. The van der Waals surface area contributed by atoms with E-state index in [9.17, 15) is 14.4 Å². The van der Waals surface area contributed by atoms with Crippen LogP contribution in [0.5, 0.6) is 0 Å². The lowest BCUT2D eigenvalue weighted by molar-refractivity contribution is 0.0438. The zero-order chi connectivity index (χ0) is 17.3. The smallest absolute Gasteiger partial charge is 0.375 e. The first-order valence-corrected chi connectivity index (χ1v) is 7.25. The number of hydrogen-bond acceptors (Lipinski definition) is 6. The molecule has 122 valence electrons. The summed E-state index contributed by atoms with van der Waals surface area (Å²) < 4.78 is 15.1. The van der Waals surface area contributed by atoms with E-state index in [1.807, 2.05) is 0 Å². The van der Waals surface area contributed by atoms with E-state index in [0.717, 1.165) is 0 Å². The van der Waals surface area contributed by atoms with Crippen LogP contribution in [0.2, 0.25) is 0 Å². The number of hydrogen-bond donors (Lipinski definition) is 0. The summed E-state index contributed by atoms with van der Waals surface area (Å²) in [6, 6.07) is 8.36. The zero-order valence-corrected chi connectivity index (χ0v) is 13.1. The van der Waals surface area contributed by atoms with Crippen molar-refractivity contribution in [3.8, 4) is 0 Å². The van der Waals surface area contributed by atoms with Gasteiger partial charge in [-0.25, -0.2) is 9.59 Å². The average molecular weight is 326 g/mol. The van der Waals surface area contributed by atoms with Gasteiger partial charge in [-0.3, -0.25) is 4.79 Å². The summed E-state index contributed by atoms with van der Waals surface area (Å²) in [6.45, 7) is 2.90. The molecule has 0 unspecified atom stereocenters. The van der Waals surface area contributed by atoms with E-state index in [1.54, 1.807) is 44.2 Å². The summed E-state index contributed by atoms with van der Waals surface area (Å²) in [5.74, 6) is -0.874. The third-order valence-corrected chi connectivity index (χ3v) is 3.66. The van der Waals surface area contributed by atoms with Gasteiger partial charge in [0.25, 0.3) is 0 Å². The highest BCUT2D eigenvalue weighted by atomic mass is 16.5. The van der Waals surface area contributed by atoms with Crippen LogP contribution < -0.4 is 5.63 Å². The molecule has 0 radical (unpaired) electrons. The van der Waals surface area contributed by atoms with Gasteiger partial charge in [-0.2, -0.15) is 0 Å². The molecule has 0 atom stereocenters. The van der Waals surface area contributed by atoms with Gasteiger partial charge in [-0.1, -0.05) is 18.2 Å². The molecule has 0 aliphatic rings. The Morgan fingerprint density at radius 2 is 1.83 bits per heavy atom. The Bertz CT molecular complexity index is 992. The molecule has 3 aromatic rings. The fourth-order valence-electron chi connectivity index (χ4n) is 2.40. The third kappa shape index (κ3) is 2.86. The summed E-state index contributed by atoms with van der Waals surface area (Å²) in [7, 11) is 0. The van der Waals surface area contributed by atoms with Crippen LogP contribution in [-0.2, 0) is 4.74 Å². The molecule has 0 saturated carbocycles. The number of carbonyl (C=O) groups excluding carboxylic acids is 2. The normalized spacial score (nSPS) is 10.8. The molecule has 0 amide bonds. The predicted molar refractivity (Wildman–Crippen MR) is 85.3 cm³/mol. The molecule has 0 bridgehead atoms. The Morgan fingerprint density at radius 3 is 2.50 bits per heavy atom. The molecule has 0 fully saturated rings. The largest absolute Gasteiger partial charge is 0.469 e. The first kappa shape index (κ1) is 15.7. The van der Waals surface area contributed by atoms with Gasteiger partial charge in [0.1, 0.15) is 12.0 Å². The van der Waals surface area contributed by atoms with Gasteiger partial charge in [0.05, 0.1) is 10.9 Å². The van der Waals surface area contributed by atoms with Crippen molar-refractivity contribution in [3.05, 3.63) is 69.7 Å². The van der Waals surface area contributed by atoms with Crippen LogP contribution in [0.4, 0.5) is 0 Å². The Morgan fingerprint density at radius 1 is 1.12 bits per heavy atom. The number of fused-ring (bicyclic) bond motifs is 1. The summed E-state index contributed by atoms with van der Waals surface area (Å²) in [5.41, 5.74) is 0.179. The Balaban J connectivity index is 1.83. The Kier molecular flexibility index (Phi) is 4.04. The number of ether oxygens (including phenoxy) is 1. The summed E-state index contributed by atoms with van der Waals surface area (Å²) in [5, 5.41) is 0.994. The van der Waals surface area contributed by atoms with Crippen LogP contribution >= 0.6 is 0 Å². The lowest BCUT2D eigenvalue weighted by atomic mass is 10.1. The van der Waals surface area contributed by atoms with Crippen molar-refractivity contribution in [3.63, 3.8) is 0 Å². The lowest BCUT2D eigenvalue weighted by Crippen LogP contribution is -2.17. The maximum atomic E-state index is 12.2.